The number of hydrogen-bond acceptors (Lipinski definition) is 2. The fourth-order valence-corrected chi connectivity index (χ4v) is 3.99. The highest BCUT2D eigenvalue weighted by Crippen LogP contribution is 2.41. The second-order valence-corrected chi connectivity index (χ2v) is 6.46. The first-order chi connectivity index (χ1) is 10.1. The Morgan fingerprint density at radius 2 is 1.90 bits per heavy atom. The summed E-state index contributed by atoms with van der Waals surface area (Å²) in [6.45, 7) is 0. The van der Waals surface area contributed by atoms with E-state index in [1.165, 1.54) is 50.3 Å². The van der Waals surface area contributed by atoms with Gasteiger partial charge < -0.3 is 10.4 Å². The number of hydrogen-bond donors (Lipinski definition) is 2. The molecule has 2 N–H and O–H groups in total. The van der Waals surface area contributed by atoms with Gasteiger partial charge in [0.2, 0.25) is 0 Å². The standard InChI is InChI=1S/C17H22FNO2/c18-15-8-6-13(17(20)21)10-16(15)19-14-7-5-11-3-1-2-4-12(11)9-14/h6,8,10-12,14,19H,1-5,7,9H2,(H,20,21). The van der Waals surface area contributed by atoms with Gasteiger partial charge in [0.05, 0.1) is 11.3 Å². The summed E-state index contributed by atoms with van der Waals surface area (Å²) in [5.41, 5.74) is 0.458. The maximum atomic E-state index is 13.9. The molecule has 3 nitrogen and oxygen atoms in total. The number of rotatable bonds is 3. The van der Waals surface area contributed by atoms with Gasteiger partial charge in [-0.15, -0.1) is 0 Å². The Balaban J connectivity index is 1.69. The molecule has 0 amide bonds. The van der Waals surface area contributed by atoms with Gasteiger partial charge in [-0.1, -0.05) is 25.7 Å². The minimum Gasteiger partial charge on any atom is -0.478 e. The van der Waals surface area contributed by atoms with Crippen LogP contribution in [0.5, 0.6) is 0 Å². The Morgan fingerprint density at radius 3 is 2.67 bits per heavy atom. The van der Waals surface area contributed by atoms with Crippen molar-refractivity contribution in [3.8, 4) is 0 Å². The molecule has 2 aliphatic rings. The van der Waals surface area contributed by atoms with E-state index in [0.29, 0.717) is 5.69 Å². The number of fused-ring (bicyclic) bond motifs is 1. The van der Waals surface area contributed by atoms with Crippen LogP contribution in [0.1, 0.15) is 55.3 Å². The molecule has 0 spiro atoms. The van der Waals surface area contributed by atoms with Gasteiger partial charge in [-0.25, -0.2) is 9.18 Å². The molecule has 1 aromatic rings. The molecule has 0 bridgehead atoms. The van der Waals surface area contributed by atoms with E-state index in [9.17, 15) is 9.18 Å². The lowest BCUT2D eigenvalue weighted by Gasteiger charge is -2.39. The zero-order valence-corrected chi connectivity index (χ0v) is 12.1. The van der Waals surface area contributed by atoms with Crippen molar-refractivity contribution in [2.24, 2.45) is 11.8 Å². The summed E-state index contributed by atoms with van der Waals surface area (Å²) in [5.74, 6) is 0.225. The van der Waals surface area contributed by atoms with Crippen molar-refractivity contribution in [3.63, 3.8) is 0 Å². The average molecular weight is 291 g/mol. The van der Waals surface area contributed by atoms with Gasteiger partial charge in [-0.05, 0) is 49.3 Å². The van der Waals surface area contributed by atoms with Crippen molar-refractivity contribution in [3.05, 3.63) is 29.6 Å². The number of nitrogens with one attached hydrogen (secondary N) is 1. The normalized spacial score (nSPS) is 28.7. The van der Waals surface area contributed by atoms with Gasteiger partial charge in [-0.3, -0.25) is 0 Å². The van der Waals surface area contributed by atoms with Crippen molar-refractivity contribution >= 4 is 11.7 Å². The highest BCUT2D eigenvalue weighted by atomic mass is 19.1. The summed E-state index contributed by atoms with van der Waals surface area (Å²) in [7, 11) is 0. The fourth-order valence-electron chi connectivity index (χ4n) is 3.99. The average Bonchev–Trinajstić information content (AvgIpc) is 2.49. The molecule has 2 saturated carbocycles. The maximum Gasteiger partial charge on any atom is 0.335 e. The topological polar surface area (TPSA) is 49.3 Å². The monoisotopic (exact) mass is 291 g/mol. The highest BCUT2D eigenvalue weighted by molar-refractivity contribution is 5.88. The molecule has 0 radical (unpaired) electrons. The molecule has 114 valence electrons. The fraction of sp³-hybridized carbons (Fsp3) is 0.588. The molecule has 3 rings (SSSR count). The minimum atomic E-state index is -1.02. The summed E-state index contributed by atoms with van der Waals surface area (Å²) in [6.07, 6.45) is 8.66. The largest absolute Gasteiger partial charge is 0.478 e. The second-order valence-electron chi connectivity index (χ2n) is 6.46. The Bertz CT molecular complexity index is 532. The Labute approximate surface area is 124 Å². The summed E-state index contributed by atoms with van der Waals surface area (Å²) in [4.78, 5) is 11.0. The number of benzene rings is 1. The number of halogens is 1. The zero-order valence-electron chi connectivity index (χ0n) is 12.1. The van der Waals surface area contributed by atoms with Crippen molar-refractivity contribution in [2.45, 2.75) is 51.0 Å². The van der Waals surface area contributed by atoms with E-state index in [-0.39, 0.29) is 17.4 Å². The van der Waals surface area contributed by atoms with E-state index in [4.69, 9.17) is 5.11 Å². The number of aromatic carboxylic acids is 1. The molecule has 1 aromatic carbocycles. The zero-order chi connectivity index (χ0) is 14.8. The van der Waals surface area contributed by atoms with Gasteiger partial charge in [-0.2, -0.15) is 0 Å². The van der Waals surface area contributed by atoms with Crippen LogP contribution in [0.4, 0.5) is 10.1 Å². The van der Waals surface area contributed by atoms with E-state index in [2.05, 4.69) is 5.32 Å². The van der Waals surface area contributed by atoms with Crippen molar-refractivity contribution < 1.29 is 14.3 Å². The molecule has 0 aromatic heterocycles. The van der Waals surface area contributed by atoms with E-state index >= 15 is 0 Å². The highest BCUT2D eigenvalue weighted by Gasteiger charge is 2.32. The van der Waals surface area contributed by atoms with Crippen LogP contribution in [0, 0.1) is 17.7 Å². The van der Waals surface area contributed by atoms with E-state index in [1.54, 1.807) is 0 Å². The molecule has 2 aliphatic carbocycles. The van der Waals surface area contributed by atoms with Crippen molar-refractivity contribution in [1.29, 1.82) is 0 Å². The molecule has 0 aliphatic heterocycles. The molecular formula is C17H22FNO2. The molecule has 0 heterocycles. The summed E-state index contributed by atoms with van der Waals surface area (Å²) >= 11 is 0. The first-order valence-electron chi connectivity index (χ1n) is 7.93. The predicted octanol–water partition coefficient (Wildman–Crippen LogP) is 4.29. The van der Waals surface area contributed by atoms with Crippen LogP contribution in [-0.4, -0.2) is 17.1 Å². The number of carboxylic acid groups (broad SMARTS) is 1. The number of carbonyl (C=O) groups is 1. The first-order valence-corrected chi connectivity index (χ1v) is 7.93. The lowest BCUT2D eigenvalue weighted by Crippen LogP contribution is -2.34. The van der Waals surface area contributed by atoms with Crippen LogP contribution >= 0.6 is 0 Å². The maximum absolute atomic E-state index is 13.9. The Morgan fingerprint density at radius 1 is 1.14 bits per heavy atom. The smallest absolute Gasteiger partial charge is 0.335 e. The third-order valence-corrected chi connectivity index (χ3v) is 5.11. The van der Waals surface area contributed by atoms with E-state index in [1.807, 2.05) is 0 Å². The predicted molar refractivity (Wildman–Crippen MR) is 80.1 cm³/mol. The van der Waals surface area contributed by atoms with Gasteiger partial charge in [0.1, 0.15) is 5.82 Å². The molecule has 0 saturated heterocycles. The SMILES string of the molecule is O=C(O)c1ccc(F)c(NC2CCC3CCCCC3C2)c1. The molecule has 21 heavy (non-hydrogen) atoms. The lowest BCUT2D eigenvalue weighted by atomic mass is 9.69. The molecule has 2 fully saturated rings. The van der Waals surface area contributed by atoms with Crippen LogP contribution < -0.4 is 5.32 Å². The van der Waals surface area contributed by atoms with Gasteiger partial charge in [0, 0.05) is 6.04 Å². The first kappa shape index (κ1) is 14.4. The van der Waals surface area contributed by atoms with Crippen molar-refractivity contribution in [1.82, 2.24) is 0 Å². The van der Waals surface area contributed by atoms with E-state index < -0.39 is 5.97 Å². The second kappa shape index (κ2) is 6.04. The minimum absolute atomic E-state index is 0.130. The number of carboxylic acids is 1. The van der Waals surface area contributed by atoms with Gasteiger partial charge in [0.15, 0.2) is 0 Å². The Hall–Kier alpha value is -1.58. The third-order valence-electron chi connectivity index (χ3n) is 5.11. The van der Waals surface area contributed by atoms with Crippen LogP contribution in [0.3, 0.4) is 0 Å². The quantitative estimate of drug-likeness (QED) is 0.873. The molecule has 3 atom stereocenters. The van der Waals surface area contributed by atoms with Crippen LogP contribution in [0.25, 0.3) is 0 Å². The molecule has 4 heteroatoms. The summed E-state index contributed by atoms with van der Waals surface area (Å²) < 4.78 is 13.9. The van der Waals surface area contributed by atoms with Crippen LogP contribution in [0.15, 0.2) is 18.2 Å². The molecular weight excluding hydrogens is 269 g/mol. The summed E-state index contributed by atoms with van der Waals surface area (Å²) in [5, 5.41) is 12.2. The van der Waals surface area contributed by atoms with Gasteiger partial charge in [0.25, 0.3) is 0 Å². The molecule has 3 unspecified atom stereocenters. The van der Waals surface area contributed by atoms with Gasteiger partial charge >= 0.3 is 5.97 Å². The van der Waals surface area contributed by atoms with Crippen molar-refractivity contribution in [2.75, 3.05) is 5.32 Å². The van der Waals surface area contributed by atoms with Crippen LogP contribution in [-0.2, 0) is 0 Å². The summed E-state index contributed by atoms with van der Waals surface area (Å²) in [6, 6.07) is 4.21. The lowest BCUT2D eigenvalue weighted by molar-refractivity contribution is 0.0697. The Kier molecular flexibility index (Phi) is 4.13. The van der Waals surface area contributed by atoms with Crippen LogP contribution in [0.2, 0.25) is 0 Å². The van der Waals surface area contributed by atoms with E-state index in [0.717, 1.165) is 24.7 Å². The third kappa shape index (κ3) is 3.20. The number of anilines is 1.